The van der Waals surface area contributed by atoms with Gasteiger partial charge in [0.1, 0.15) is 6.10 Å². The molecule has 0 fully saturated rings. The van der Waals surface area contributed by atoms with Crippen LogP contribution in [0.3, 0.4) is 0 Å². The second-order valence-corrected chi connectivity index (χ2v) is 1.02. The summed E-state index contributed by atoms with van der Waals surface area (Å²) >= 11 is 0. The van der Waals surface area contributed by atoms with Crippen molar-refractivity contribution in [3.63, 3.8) is 0 Å². The molecular formula is C3H8FNaO3. The molecule has 0 aromatic heterocycles. The Balaban J connectivity index is -0.000000125. The van der Waals surface area contributed by atoms with Crippen molar-refractivity contribution in [1.29, 1.82) is 0 Å². The Labute approximate surface area is 69.0 Å². The molecule has 46 valence electrons. The first-order chi connectivity index (χ1) is 2.81. The molecule has 0 radical (unpaired) electrons. The molecule has 0 aliphatic rings. The zero-order valence-electron chi connectivity index (χ0n) is 4.71. The maximum atomic E-state index is 8.17. The van der Waals surface area contributed by atoms with Crippen molar-refractivity contribution in [2.45, 2.75) is 6.10 Å². The first-order valence-corrected chi connectivity index (χ1v) is 1.71. The minimum absolute atomic E-state index is 0. The van der Waals surface area contributed by atoms with Crippen molar-refractivity contribution >= 4 is 0 Å². The largest absolute Gasteiger partial charge is 1.00 e. The molecule has 0 aromatic rings. The standard InChI is InChI=1S/C3H8O3.FH.Na/c4-1-3(6)2-5;;/h3-6H,1-2H2;1H;/q;;+1/p-1. The fourth-order valence-electron chi connectivity index (χ4n) is 0.0577. The Morgan fingerprint density at radius 3 is 1.38 bits per heavy atom. The molecule has 0 saturated carbocycles. The maximum absolute atomic E-state index is 8.17. The van der Waals surface area contributed by atoms with E-state index in [1.807, 2.05) is 0 Å². The van der Waals surface area contributed by atoms with Crippen molar-refractivity contribution in [2.24, 2.45) is 0 Å². The van der Waals surface area contributed by atoms with Crippen molar-refractivity contribution in [3.05, 3.63) is 0 Å². The van der Waals surface area contributed by atoms with Crippen LogP contribution in [0.1, 0.15) is 0 Å². The van der Waals surface area contributed by atoms with E-state index in [1.54, 1.807) is 0 Å². The third kappa shape index (κ3) is 9.94. The van der Waals surface area contributed by atoms with Crippen LogP contribution < -0.4 is 34.3 Å². The fourth-order valence-corrected chi connectivity index (χ4v) is 0.0577. The van der Waals surface area contributed by atoms with Crippen LogP contribution in [0.15, 0.2) is 0 Å². The molecular weight excluding hydrogens is 126 g/mol. The van der Waals surface area contributed by atoms with E-state index in [-0.39, 0.29) is 47.5 Å². The van der Waals surface area contributed by atoms with Crippen LogP contribution in [0.25, 0.3) is 0 Å². The molecule has 0 aliphatic heterocycles. The van der Waals surface area contributed by atoms with E-state index in [4.69, 9.17) is 15.3 Å². The molecule has 8 heavy (non-hydrogen) atoms. The predicted molar refractivity (Wildman–Crippen MR) is 20.2 cm³/mol. The van der Waals surface area contributed by atoms with Crippen molar-refractivity contribution in [3.8, 4) is 0 Å². The second-order valence-electron chi connectivity index (χ2n) is 1.02. The van der Waals surface area contributed by atoms with E-state index in [9.17, 15) is 0 Å². The molecule has 3 nitrogen and oxygen atoms in total. The van der Waals surface area contributed by atoms with Gasteiger partial charge in [-0.05, 0) is 0 Å². The van der Waals surface area contributed by atoms with Crippen molar-refractivity contribution in [1.82, 2.24) is 0 Å². The summed E-state index contributed by atoms with van der Waals surface area (Å²) in [4.78, 5) is 0. The number of halogens is 1. The van der Waals surface area contributed by atoms with E-state index in [2.05, 4.69) is 0 Å². The van der Waals surface area contributed by atoms with Gasteiger partial charge in [-0.2, -0.15) is 0 Å². The van der Waals surface area contributed by atoms with Crippen LogP contribution in [0, 0.1) is 0 Å². The molecule has 3 N–H and O–H groups in total. The van der Waals surface area contributed by atoms with Gasteiger partial charge < -0.3 is 20.0 Å². The van der Waals surface area contributed by atoms with E-state index >= 15 is 0 Å². The van der Waals surface area contributed by atoms with Crippen LogP contribution in [0.5, 0.6) is 0 Å². The van der Waals surface area contributed by atoms with Gasteiger partial charge in [-0.1, -0.05) is 0 Å². The Hall–Kier alpha value is 0.810. The van der Waals surface area contributed by atoms with Gasteiger partial charge in [0, 0.05) is 0 Å². The van der Waals surface area contributed by atoms with E-state index in [1.165, 1.54) is 0 Å². The molecule has 0 spiro atoms. The monoisotopic (exact) mass is 134 g/mol. The molecule has 0 heterocycles. The molecule has 0 atom stereocenters. The van der Waals surface area contributed by atoms with Gasteiger partial charge in [-0.15, -0.1) is 0 Å². The summed E-state index contributed by atoms with van der Waals surface area (Å²) in [5, 5.41) is 24.0. The zero-order chi connectivity index (χ0) is 4.99. The molecule has 0 bridgehead atoms. The minimum Gasteiger partial charge on any atom is -1.00 e. The van der Waals surface area contributed by atoms with Crippen LogP contribution in [0.4, 0.5) is 0 Å². The maximum Gasteiger partial charge on any atom is 1.00 e. The summed E-state index contributed by atoms with van der Waals surface area (Å²) in [6.45, 7) is -0.729. The second kappa shape index (κ2) is 10.7. The molecule has 0 aromatic carbocycles. The quantitative estimate of drug-likeness (QED) is 0.329. The van der Waals surface area contributed by atoms with Crippen LogP contribution in [-0.4, -0.2) is 34.6 Å². The van der Waals surface area contributed by atoms with Gasteiger partial charge in [-0.3, -0.25) is 0 Å². The Morgan fingerprint density at radius 1 is 1.12 bits per heavy atom. The van der Waals surface area contributed by atoms with E-state index in [0.717, 1.165) is 0 Å². The number of aliphatic hydroxyl groups is 3. The number of rotatable bonds is 2. The fraction of sp³-hybridized carbons (Fsp3) is 1.00. The normalized spacial score (nSPS) is 7.50. The summed E-state index contributed by atoms with van der Waals surface area (Å²) in [5.41, 5.74) is 0. The first-order valence-electron chi connectivity index (χ1n) is 1.71. The molecule has 0 rings (SSSR count). The Kier molecular flexibility index (Phi) is 21.4. The van der Waals surface area contributed by atoms with Gasteiger partial charge in [0.05, 0.1) is 13.2 Å². The number of hydrogen-bond donors (Lipinski definition) is 3. The van der Waals surface area contributed by atoms with Crippen molar-refractivity contribution < 1.29 is 49.6 Å². The molecule has 0 aliphatic carbocycles. The third-order valence-corrected chi connectivity index (χ3v) is 0.421. The molecule has 0 amide bonds. The average molecular weight is 134 g/mol. The number of aliphatic hydroxyl groups excluding tert-OH is 3. The summed E-state index contributed by atoms with van der Waals surface area (Å²) in [6.07, 6.45) is -0.954. The summed E-state index contributed by atoms with van der Waals surface area (Å²) in [5.74, 6) is 0. The molecule has 0 unspecified atom stereocenters. The molecule has 0 saturated heterocycles. The number of hydrogen-bond acceptors (Lipinski definition) is 3. The van der Waals surface area contributed by atoms with Gasteiger partial charge in [-0.25, -0.2) is 0 Å². The summed E-state index contributed by atoms with van der Waals surface area (Å²) < 4.78 is 0. The first kappa shape index (κ1) is 15.9. The average Bonchev–Trinajstić information content (AvgIpc) is 1.65. The van der Waals surface area contributed by atoms with E-state index < -0.39 is 6.10 Å². The Morgan fingerprint density at radius 2 is 1.38 bits per heavy atom. The van der Waals surface area contributed by atoms with Crippen LogP contribution in [-0.2, 0) is 0 Å². The SMILES string of the molecule is OCC(O)CO.[F-].[Na+]. The van der Waals surface area contributed by atoms with Gasteiger partial charge in [0.25, 0.3) is 0 Å². The third-order valence-electron chi connectivity index (χ3n) is 0.421. The molecule has 5 heteroatoms. The summed E-state index contributed by atoms with van der Waals surface area (Å²) in [6, 6.07) is 0. The van der Waals surface area contributed by atoms with Gasteiger partial charge in [0.2, 0.25) is 0 Å². The van der Waals surface area contributed by atoms with Crippen LogP contribution in [0.2, 0.25) is 0 Å². The Bertz CT molecular complexity index is 33.7. The predicted octanol–water partition coefficient (Wildman–Crippen LogP) is -7.66. The topological polar surface area (TPSA) is 60.7 Å². The van der Waals surface area contributed by atoms with E-state index in [0.29, 0.717) is 0 Å². The smallest absolute Gasteiger partial charge is 1.00 e. The minimum atomic E-state index is -0.954. The van der Waals surface area contributed by atoms with Crippen molar-refractivity contribution in [2.75, 3.05) is 13.2 Å². The summed E-state index contributed by atoms with van der Waals surface area (Å²) in [7, 11) is 0. The van der Waals surface area contributed by atoms with Gasteiger partial charge in [0.15, 0.2) is 0 Å². The van der Waals surface area contributed by atoms with Gasteiger partial charge >= 0.3 is 29.6 Å². The zero-order valence-corrected chi connectivity index (χ0v) is 6.71. The van der Waals surface area contributed by atoms with Crippen LogP contribution >= 0.6 is 0 Å².